The van der Waals surface area contributed by atoms with E-state index in [1.54, 1.807) is 48.5 Å². The van der Waals surface area contributed by atoms with Crippen LogP contribution in [0.25, 0.3) is 11.1 Å². The number of benzene rings is 3. The molecule has 0 saturated heterocycles. The van der Waals surface area contributed by atoms with Crippen LogP contribution in [0.1, 0.15) is 10.4 Å². The molecule has 0 aliphatic carbocycles. The highest BCUT2D eigenvalue weighted by molar-refractivity contribution is 5.91. The van der Waals surface area contributed by atoms with E-state index in [4.69, 9.17) is 14.2 Å². The van der Waals surface area contributed by atoms with Crippen LogP contribution in [0, 0.1) is 0 Å². The van der Waals surface area contributed by atoms with Gasteiger partial charge in [-0.15, -0.1) is 0 Å². The van der Waals surface area contributed by atoms with Gasteiger partial charge in [0.1, 0.15) is 17.2 Å². The van der Waals surface area contributed by atoms with Crippen LogP contribution in [0.15, 0.2) is 97.9 Å². The zero-order valence-corrected chi connectivity index (χ0v) is 16.7. The number of esters is 3. The molecular weight excluding hydrogens is 415 g/mol. The molecule has 3 rings (SSSR count). The van der Waals surface area contributed by atoms with Gasteiger partial charge in [0, 0.05) is 6.08 Å². The minimum atomic E-state index is -1.22. The standard InChI is InChI=1S/C25H17FO6/c1-3-23(27)30-20-10-4-17(5-11-20)18-6-12-22(13-7-18)32-25(29)19-8-14-21(15-9-19)31-24(28)16(2)26/h3-15H,1-2H2. The van der Waals surface area contributed by atoms with Crippen molar-refractivity contribution in [3.63, 3.8) is 0 Å². The molecule has 0 aliphatic heterocycles. The van der Waals surface area contributed by atoms with E-state index in [9.17, 15) is 18.8 Å². The summed E-state index contributed by atoms with van der Waals surface area (Å²) in [4.78, 5) is 34.7. The molecular formula is C25H17FO6. The second kappa shape index (κ2) is 9.99. The van der Waals surface area contributed by atoms with Gasteiger partial charge in [-0.3, -0.25) is 0 Å². The Bertz CT molecular complexity index is 1160. The fourth-order valence-corrected chi connectivity index (χ4v) is 2.58. The van der Waals surface area contributed by atoms with Crippen LogP contribution in [0.5, 0.6) is 17.2 Å². The van der Waals surface area contributed by atoms with E-state index in [0.29, 0.717) is 11.5 Å². The predicted octanol–water partition coefficient (Wildman–Crippen LogP) is 5.05. The maximum Gasteiger partial charge on any atom is 0.371 e. The highest BCUT2D eigenvalue weighted by atomic mass is 19.1. The lowest BCUT2D eigenvalue weighted by Gasteiger charge is -2.08. The molecule has 6 nitrogen and oxygen atoms in total. The van der Waals surface area contributed by atoms with Crippen LogP contribution in [0.2, 0.25) is 0 Å². The molecule has 0 heterocycles. The van der Waals surface area contributed by atoms with E-state index >= 15 is 0 Å². The Morgan fingerprint density at radius 3 is 1.59 bits per heavy atom. The van der Waals surface area contributed by atoms with Crippen LogP contribution < -0.4 is 14.2 Å². The van der Waals surface area contributed by atoms with Gasteiger partial charge in [0.25, 0.3) is 0 Å². The van der Waals surface area contributed by atoms with Gasteiger partial charge < -0.3 is 14.2 Å². The summed E-state index contributed by atoms with van der Waals surface area (Å²) in [6, 6.07) is 19.2. The molecule has 0 saturated carbocycles. The molecule has 0 aliphatic rings. The van der Waals surface area contributed by atoms with Gasteiger partial charge >= 0.3 is 17.9 Å². The highest BCUT2D eigenvalue weighted by Crippen LogP contribution is 2.25. The maximum atomic E-state index is 12.7. The van der Waals surface area contributed by atoms with Crippen LogP contribution in [-0.2, 0) is 9.59 Å². The molecule has 0 fully saturated rings. The first-order valence-corrected chi connectivity index (χ1v) is 9.29. The Balaban J connectivity index is 1.62. The Kier molecular flexibility index (Phi) is 6.92. The van der Waals surface area contributed by atoms with Crippen molar-refractivity contribution in [1.82, 2.24) is 0 Å². The summed E-state index contributed by atoms with van der Waals surface area (Å²) in [7, 11) is 0. The molecule has 0 N–H and O–H groups in total. The quantitative estimate of drug-likeness (QED) is 0.295. The van der Waals surface area contributed by atoms with E-state index in [1.165, 1.54) is 24.3 Å². The smallest absolute Gasteiger partial charge is 0.371 e. The van der Waals surface area contributed by atoms with Crippen LogP contribution in [0.4, 0.5) is 4.39 Å². The number of halogens is 1. The molecule has 0 unspecified atom stereocenters. The largest absolute Gasteiger partial charge is 0.423 e. The van der Waals surface area contributed by atoms with Gasteiger partial charge in [0.05, 0.1) is 5.56 Å². The normalized spacial score (nSPS) is 10.0. The summed E-state index contributed by atoms with van der Waals surface area (Å²) in [5, 5.41) is 0. The third-order valence-electron chi connectivity index (χ3n) is 4.16. The van der Waals surface area contributed by atoms with Crippen molar-refractivity contribution in [2.75, 3.05) is 0 Å². The lowest BCUT2D eigenvalue weighted by molar-refractivity contribution is -0.131. The average Bonchev–Trinajstić information content (AvgIpc) is 2.80. The van der Waals surface area contributed by atoms with E-state index in [0.717, 1.165) is 17.2 Å². The third-order valence-corrected chi connectivity index (χ3v) is 4.16. The van der Waals surface area contributed by atoms with Gasteiger partial charge in [0.15, 0.2) is 0 Å². The van der Waals surface area contributed by atoms with Crippen molar-refractivity contribution >= 4 is 17.9 Å². The van der Waals surface area contributed by atoms with Crippen molar-refractivity contribution < 1.29 is 33.0 Å². The molecule has 3 aromatic rings. The van der Waals surface area contributed by atoms with E-state index in [1.807, 2.05) is 0 Å². The summed E-state index contributed by atoms with van der Waals surface area (Å²) in [6.07, 6.45) is 1.08. The maximum absolute atomic E-state index is 12.7. The average molecular weight is 432 g/mol. The molecule has 0 spiro atoms. The first-order chi connectivity index (χ1) is 15.4. The number of rotatable bonds is 7. The molecule has 7 heteroatoms. The van der Waals surface area contributed by atoms with Crippen LogP contribution in [0.3, 0.4) is 0 Å². The molecule has 32 heavy (non-hydrogen) atoms. The van der Waals surface area contributed by atoms with Crippen molar-refractivity contribution in [3.05, 3.63) is 103 Å². The van der Waals surface area contributed by atoms with Crippen LogP contribution in [-0.4, -0.2) is 17.9 Å². The Hall–Kier alpha value is -4.52. The van der Waals surface area contributed by atoms with E-state index in [2.05, 4.69) is 13.2 Å². The number of carbonyl (C=O) groups is 3. The van der Waals surface area contributed by atoms with Crippen molar-refractivity contribution in [3.8, 4) is 28.4 Å². The second-order valence-electron chi connectivity index (χ2n) is 6.38. The van der Waals surface area contributed by atoms with Gasteiger partial charge in [-0.05, 0) is 59.7 Å². The Morgan fingerprint density at radius 1 is 0.688 bits per heavy atom. The summed E-state index contributed by atoms with van der Waals surface area (Å²) >= 11 is 0. The summed E-state index contributed by atoms with van der Waals surface area (Å²) in [5.41, 5.74) is 1.96. The van der Waals surface area contributed by atoms with Gasteiger partial charge in [-0.1, -0.05) is 37.4 Å². The summed E-state index contributed by atoms with van der Waals surface area (Å²) in [6.45, 7) is 6.20. The fraction of sp³-hybridized carbons (Fsp3) is 0. The lowest BCUT2D eigenvalue weighted by Crippen LogP contribution is -2.10. The molecule has 0 amide bonds. The predicted molar refractivity (Wildman–Crippen MR) is 115 cm³/mol. The van der Waals surface area contributed by atoms with Gasteiger partial charge in [-0.25, -0.2) is 14.4 Å². The van der Waals surface area contributed by atoms with Crippen molar-refractivity contribution in [1.29, 1.82) is 0 Å². The zero-order valence-electron chi connectivity index (χ0n) is 16.7. The Morgan fingerprint density at radius 2 is 1.12 bits per heavy atom. The molecule has 0 aromatic heterocycles. The molecule has 0 atom stereocenters. The van der Waals surface area contributed by atoms with Crippen molar-refractivity contribution in [2.45, 2.75) is 0 Å². The molecule has 3 aromatic carbocycles. The number of carbonyl (C=O) groups excluding carboxylic acids is 3. The van der Waals surface area contributed by atoms with Gasteiger partial charge in [0.2, 0.25) is 5.83 Å². The first kappa shape index (κ1) is 22.2. The second-order valence-corrected chi connectivity index (χ2v) is 6.38. The lowest BCUT2D eigenvalue weighted by atomic mass is 10.1. The minimum Gasteiger partial charge on any atom is -0.423 e. The minimum absolute atomic E-state index is 0.0694. The van der Waals surface area contributed by atoms with Crippen LogP contribution >= 0.6 is 0 Å². The van der Waals surface area contributed by atoms with E-state index in [-0.39, 0.29) is 11.3 Å². The molecule has 160 valence electrons. The monoisotopic (exact) mass is 432 g/mol. The van der Waals surface area contributed by atoms with Crippen molar-refractivity contribution in [2.24, 2.45) is 0 Å². The Labute approximate surface area is 183 Å². The fourth-order valence-electron chi connectivity index (χ4n) is 2.58. The molecule has 0 bridgehead atoms. The third kappa shape index (κ3) is 5.76. The topological polar surface area (TPSA) is 78.9 Å². The number of ether oxygens (including phenoxy) is 3. The zero-order chi connectivity index (χ0) is 23.1. The number of hydrogen-bond acceptors (Lipinski definition) is 6. The summed E-state index contributed by atoms with van der Waals surface area (Å²) in [5.74, 6) is -2.76. The highest BCUT2D eigenvalue weighted by Gasteiger charge is 2.12. The molecule has 0 radical (unpaired) electrons. The summed E-state index contributed by atoms with van der Waals surface area (Å²) < 4.78 is 27.8. The van der Waals surface area contributed by atoms with Gasteiger partial charge in [-0.2, -0.15) is 4.39 Å². The van der Waals surface area contributed by atoms with E-state index < -0.39 is 23.7 Å². The number of hydrogen-bond donors (Lipinski definition) is 0. The first-order valence-electron chi connectivity index (χ1n) is 9.29. The SMILES string of the molecule is C=CC(=O)Oc1ccc(-c2ccc(OC(=O)c3ccc(OC(=O)C(=C)F)cc3)cc2)cc1.